The summed E-state index contributed by atoms with van der Waals surface area (Å²) in [5.74, 6) is 0.344. The Morgan fingerprint density at radius 2 is 2.10 bits per heavy atom. The summed E-state index contributed by atoms with van der Waals surface area (Å²) in [6.07, 6.45) is 6.67. The molecule has 0 amide bonds. The summed E-state index contributed by atoms with van der Waals surface area (Å²) in [6.45, 7) is 0. The number of aromatic nitrogens is 1. The molecule has 0 unspecified atom stereocenters. The molecule has 1 saturated carbocycles. The molecule has 21 heavy (non-hydrogen) atoms. The molecule has 0 atom stereocenters. The summed E-state index contributed by atoms with van der Waals surface area (Å²) >= 11 is 0. The van der Waals surface area contributed by atoms with Crippen LogP contribution in [-0.4, -0.2) is 29.3 Å². The molecule has 1 aliphatic carbocycles. The lowest BCUT2D eigenvalue weighted by Gasteiger charge is -2.25. The molecule has 1 aromatic carbocycles. The topological polar surface area (TPSA) is 62.3 Å². The Labute approximate surface area is 124 Å². The van der Waals surface area contributed by atoms with Crippen LogP contribution in [0, 0.1) is 5.92 Å². The predicted molar refractivity (Wildman–Crippen MR) is 81.3 cm³/mol. The van der Waals surface area contributed by atoms with Crippen molar-refractivity contribution < 1.29 is 14.6 Å². The second kappa shape index (κ2) is 5.90. The molecule has 4 heteroatoms. The van der Waals surface area contributed by atoms with Gasteiger partial charge in [-0.15, -0.1) is 0 Å². The zero-order valence-corrected chi connectivity index (χ0v) is 12.3. The minimum atomic E-state index is -0.310. The number of nitrogens with one attached hydrogen (secondary N) is 1. The SMILES string of the molecule is COC(=O)c1c[nH]c2cc(CC3CCC(O)CC3)ccc12. The van der Waals surface area contributed by atoms with Crippen molar-refractivity contribution in [2.45, 2.75) is 38.2 Å². The molecule has 0 saturated heterocycles. The van der Waals surface area contributed by atoms with Crippen LogP contribution in [0.5, 0.6) is 0 Å². The average molecular weight is 287 g/mol. The quantitative estimate of drug-likeness (QED) is 0.853. The molecule has 2 aromatic rings. The zero-order chi connectivity index (χ0) is 14.8. The van der Waals surface area contributed by atoms with Crippen LogP contribution in [0.25, 0.3) is 10.9 Å². The number of carbonyl (C=O) groups excluding carboxylic acids is 1. The number of hydrogen-bond donors (Lipinski definition) is 2. The highest BCUT2D eigenvalue weighted by Gasteiger charge is 2.20. The first-order valence-electron chi connectivity index (χ1n) is 7.53. The summed E-state index contributed by atoms with van der Waals surface area (Å²) < 4.78 is 4.78. The van der Waals surface area contributed by atoms with Gasteiger partial charge in [0.1, 0.15) is 0 Å². The van der Waals surface area contributed by atoms with Gasteiger partial charge in [0.05, 0.1) is 18.8 Å². The lowest BCUT2D eigenvalue weighted by molar-refractivity contribution is 0.0603. The standard InChI is InChI=1S/C17H21NO3/c1-21-17(20)15-10-18-16-9-12(4-7-14(15)16)8-11-2-5-13(19)6-3-11/h4,7,9-11,13,18-19H,2-3,5-6,8H2,1H3. The molecule has 1 heterocycles. The first-order chi connectivity index (χ1) is 10.2. The van der Waals surface area contributed by atoms with Gasteiger partial charge >= 0.3 is 5.97 Å². The highest BCUT2D eigenvalue weighted by Crippen LogP contribution is 2.28. The van der Waals surface area contributed by atoms with E-state index in [-0.39, 0.29) is 12.1 Å². The van der Waals surface area contributed by atoms with Gasteiger partial charge in [0, 0.05) is 17.1 Å². The minimum Gasteiger partial charge on any atom is -0.465 e. The molecule has 112 valence electrons. The fourth-order valence-electron chi connectivity index (χ4n) is 3.26. The Morgan fingerprint density at radius 3 is 2.81 bits per heavy atom. The van der Waals surface area contributed by atoms with Crippen LogP contribution in [0.15, 0.2) is 24.4 Å². The van der Waals surface area contributed by atoms with E-state index in [9.17, 15) is 9.90 Å². The number of fused-ring (bicyclic) bond motifs is 1. The fraction of sp³-hybridized carbons (Fsp3) is 0.471. The van der Waals surface area contributed by atoms with Gasteiger partial charge in [-0.25, -0.2) is 4.79 Å². The lowest BCUT2D eigenvalue weighted by Crippen LogP contribution is -2.19. The Kier molecular flexibility index (Phi) is 3.97. The summed E-state index contributed by atoms with van der Waals surface area (Å²) in [5, 5.41) is 10.5. The van der Waals surface area contributed by atoms with Crippen LogP contribution in [0.1, 0.15) is 41.6 Å². The maximum atomic E-state index is 11.7. The van der Waals surface area contributed by atoms with Gasteiger partial charge in [0.25, 0.3) is 0 Å². The number of methoxy groups -OCH3 is 1. The predicted octanol–water partition coefficient (Wildman–Crippen LogP) is 3.05. The number of rotatable bonds is 3. The molecule has 2 N–H and O–H groups in total. The van der Waals surface area contributed by atoms with Gasteiger partial charge in [-0.3, -0.25) is 0 Å². The van der Waals surface area contributed by atoms with Crippen molar-refractivity contribution in [3.05, 3.63) is 35.5 Å². The van der Waals surface area contributed by atoms with E-state index >= 15 is 0 Å². The Hall–Kier alpha value is -1.81. The van der Waals surface area contributed by atoms with Crippen LogP contribution in [0.4, 0.5) is 0 Å². The number of carbonyl (C=O) groups is 1. The first-order valence-corrected chi connectivity index (χ1v) is 7.53. The van der Waals surface area contributed by atoms with Crippen LogP contribution in [0.3, 0.4) is 0 Å². The summed E-state index contributed by atoms with van der Waals surface area (Å²) in [7, 11) is 1.40. The molecule has 1 fully saturated rings. The molecular weight excluding hydrogens is 266 g/mol. The van der Waals surface area contributed by atoms with E-state index in [4.69, 9.17) is 4.74 Å². The molecule has 3 rings (SSSR count). The van der Waals surface area contributed by atoms with Gasteiger partial charge < -0.3 is 14.8 Å². The Morgan fingerprint density at radius 1 is 1.33 bits per heavy atom. The van der Waals surface area contributed by atoms with Crippen LogP contribution >= 0.6 is 0 Å². The first kappa shape index (κ1) is 14.1. The monoisotopic (exact) mass is 287 g/mol. The minimum absolute atomic E-state index is 0.102. The third-order valence-corrected chi connectivity index (χ3v) is 4.49. The van der Waals surface area contributed by atoms with E-state index < -0.39 is 0 Å². The third-order valence-electron chi connectivity index (χ3n) is 4.49. The number of H-pyrrole nitrogens is 1. The highest BCUT2D eigenvalue weighted by atomic mass is 16.5. The van der Waals surface area contributed by atoms with E-state index in [1.165, 1.54) is 12.7 Å². The van der Waals surface area contributed by atoms with Gasteiger partial charge in [-0.1, -0.05) is 12.1 Å². The fourth-order valence-corrected chi connectivity index (χ4v) is 3.26. The number of aliphatic hydroxyl groups excluding tert-OH is 1. The molecule has 4 nitrogen and oxygen atoms in total. The van der Waals surface area contributed by atoms with Crippen LogP contribution in [0.2, 0.25) is 0 Å². The average Bonchev–Trinajstić information content (AvgIpc) is 2.92. The van der Waals surface area contributed by atoms with E-state index in [1.807, 2.05) is 6.07 Å². The number of ether oxygens (including phenoxy) is 1. The van der Waals surface area contributed by atoms with Crippen molar-refractivity contribution >= 4 is 16.9 Å². The number of esters is 1. The van der Waals surface area contributed by atoms with Gasteiger partial charge in [-0.05, 0) is 49.7 Å². The van der Waals surface area contributed by atoms with E-state index in [0.29, 0.717) is 11.5 Å². The number of hydrogen-bond acceptors (Lipinski definition) is 3. The molecule has 0 radical (unpaired) electrons. The largest absolute Gasteiger partial charge is 0.465 e. The maximum absolute atomic E-state index is 11.7. The van der Waals surface area contributed by atoms with Gasteiger partial charge in [-0.2, -0.15) is 0 Å². The van der Waals surface area contributed by atoms with Crippen molar-refractivity contribution in [2.24, 2.45) is 5.92 Å². The molecule has 1 aromatic heterocycles. The van der Waals surface area contributed by atoms with Crippen molar-refractivity contribution in [1.29, 1.82) is 0 Å². The van der Waals surface area contributed by atoms with Gasteiger partial charge in [0.15, 0.2) is 0 Å². The third kappa shape index (κ3) is 2.95. The zero-order valence-electron chi connectivity index (χ0n) is 12.3. The van der Waals surface area contributed by atoms with Crippen molar-refractivity contribution in [1.82, 2.24) is 4.98 Å². The van der Waals surface area contributed by atoms with Crippen molar-refractivity contribution in [3.63, 3.8) is 0 Å². The molecule has 0 spiro atoms. The molecule has 1 aliphatic rings. The summed E-state index contributed by atoms with van der Waals surface area (Å²) in [4.78, 5) is 14.8. The second-order valence-electron chi connectivity index (χ2n) is 5.95. The van der Waals surface area contributed by atoms with Crippen LogP contribution in [-0.2, 0) is 11.2 Å². The van der Waals surface area contributed by atoms with Crippen molar-refractivity contribution in [3.8, 4) is 0 Å². The van der Waals surface area contributed by atoms with Crippen molar-refractivity contribution in [2.75, 3.05) is 7.11 Å². The molecule has 0 aliphatic heterocycles. The van der Waals surface area contributed by atoms with E-state index in [2.05, 4.69) is 17.1 Å². The Bertz CT molecular complexity index is 639. The number of aromatic amines is 1. The van der Waals surface area contributed by atoms with Crippen LogP contribution < -0.4 is 0 Å². The Balaban J connectivity index is 1.77. The second-order valence-corrected chi connectivity index (χ2v) is 5.95. The summed E-state index contributed by atoms with van der Waals surface area (Å²) in [6, 6.07) is 6.20. The smallest absolute Gasteiger partial charge is 0.340 e. The lowest BCUT2D eigenvalue weighted by atomic mass is 9.83. The van der Waals surface area contributed by atoms with E-state index in [0.717, 1.165) is 43.0 Å². The number of benzene rings is 1. The van der Waals surface area contributed by atoms with E-state index in [1.54, 1.807) is 6.20 Å². The molecule has 0 bridgehead atoms. The molecular formula is C17H21NO3. The normalized spacial score (nSPS) is 22.4. The number of aliphatic hydroxyl groups is 1. The highest BCUT2D eigenvalue weighted by molar-refractivity contribution is 6.04. The maximum Gasteiger partial charge on any atom is 0.340 e. The van der Waals surface area contributed by atoms with Gasteiger partial charge in [0.2, 0.25) is 0 Å². The summed E-state index contributed by atoms with van der Waals surface area (Å²) in [5.41, 5.74) is 2.84.